The molecule has 0 fully saturated rings. The predicted octanol–water partition coefficient (Wildman–Crippen LogP) is 6.50. The standard InChI is InChI=1S/C23H22ClNOS/c1-16-13-14-20(24)15-21(16)25-23(26)17(2)27-22(18-9-5-3-6-10-18)19-11-7-4-8-12-19/h3-15,17,22H,1-2H3,(H,25,26)/t17-/m0/s1. The number of aryl methyl sites for hydroxylation is 1. The van der Waals surface area contributed by atoms with Crippen molar-refractivity contribution in [3.63, 3.8) is 0 Å². The Bertz CT molecular complexity index is 859. The van der Waals surface area contributed by atoms with E-state index in [1.807, 2.05) is 62.4 Å². The van der Waals surface area contributed by atoms with Crippen LogP contribution in [0.5, 0.6) is 0 Å². The molecular weight excluding hydrogens is 374 g/mol. The summed E-state index contributed by atoms with van der Waals surface area (Å²) in [4.78, 5) is 12.8. The molecule has 27 heavy (non-hydrogen) atoms. The molecule has 1 amide bonds. The summed E-state index contributed by atoms with van der Waals surface area (Å²) in [5.41, 5.74) is 4.13. The van der Waals surface area contributed by atoms with E-state index in [0.29, 0.717) is 5.02 Å². The molecule has 4 heteroatoms. The van der Waals surface area contributed by atoms with Crippen molar-refractivity contribution < 1.29 is 4.79 Å². The average molecular weight is 396 g/mol. The average Bonchev–Trinajstić information content (AvgIpc) is 2.70. The van der Waals surface area contributed by atoms with Gasteiger partial charge in [-0.25, -0.2) is 0 Å². The minimum atomic E-state index is -0.228. The minimum absolute atomic E-state index is 0.0257. The monoisotopic (exact) mass is 395 g/mol. The van der Waals surface area contributed by atoms with Crippen molar-refractivity contribution >= 4 is 35.0 Å². The molecule has 1 N–H and O–H groups in total. The number of carbonyl (C=O) groups is 1. The number of amides is 1. The first-order valence-electron chi connectivity index (χ1n) is 8.87. The van der Waals surface area contributed by atoms with Crippen molar-refractivity contribution in [1.29, 1.82) is 0 Å². The van der Waals surface area contributed by atoms with Gasteiger partial charge in [-0.3, -0.25) is 4.79 Å². The number of thioether (sulfide) groups is 1. The molecule has 0 unspecified atom stereocenters. The molecule has 0 aliphatic rings. The number of anilines is 1. The van der Waals surface area contributed by atoms with E-state index < -0.39 is 0 Å². The normalized spacial score (nSPS) is 12.0. The Labute approximate surface area is 170 Å². The Kier molecular flexibility index (Phi) is 6.59. The van der Waals surface area contributed by atoms with Crippen LogP contribution in [0.1, 0.15) is 28.9 Å². The molecule has 0 saturated heterocycles. The Morgan fingerprint density at radius 1 is 0.926 bits per heavy atom. The van der Waals surface area contributed by atoms with Crippen LogP contribution in [0.4, 0.5) is 5.69 Å². The van der Waals surface area contributed by atoms with E-state index in [1.54, 1.807) is 17.8 Å². The Morgan fingerprint density at radius 2 is 1.48 bits per heavy atom. The van der Waals surface area contributed by atoms with Crippen LogP contribution < -0.4 is 5.32 Å². The highest BCUT2D eigenvalue weighted by molar-refractivity contribution is 8.01. The van der Waals surface area contributed by atoms with E-state index in [9.17, 15) is 4.79 Å². The third-order valence-electron chi connectivity index (χ3n) is 4.37. The molecule has 0 saturated carbocycles. The van der Waals surface area contributed by atoms with Gasteiger partial charge in [-0.05, 0) is 42.7 Å². The largest absolute Gasteiger partial charge is 0.325 e. The van der Waals surface area contributed by atoms with Crippen molar-refractivity contribution in [2.75, 3.05) is 5.32 Å². The maximum absolute atomic E-state index is 12.8. The van der Waals surface area contributed by atoms with E-state index in [4.69, 9.17) is 11.6 Å². The quantitative estimate of drug-likeness (QED) is 0.516. The summed E-state index contributed by atoms with van der Waals surface area (Å²) in [6.45, 7) is 3.90. The van der Waals surface area contributed by atoms with Crippen LogP contribution >= 0.6 is 23.4 Å². The van der Waals surface area contributed by atoms with Gasteiger partial charge in [-0.1, -0.05) is 78.3 Å². The van der Waals surface area contributed by atoms with Crippen LogP contribution in [0, 0.1) is 6.92 Å². The van der Waals surface area contributed by atoms with Gasteiger partial charge in [0, 0.05) is 10.7 Å². The molecule has 138 valence electrons. The minimum Gasteiger partial charge on any atom is -0.325 e. The predicted molar refractivity (Wildman–Crippen MR) is 117 cm³/mol. The molecular formula is C23H22ClNOS. The van der Waals surface area contributed by atoms with Crippen LogP contribution in [0.15, 0.2) is 78.9 Å². The summed E-state index contributed by atoms with van der Waals surface area (Å²) in [6, 6.07) is 26.1. The Morgan fingerprint density at radius 3 is 2.04 bits per heavy atom. The lowest BCUT2D eigenvalue weighted by Gasteiger charge is -2.22. The molecule has 3 aromatic carbocycles. The topological polar surface area (TPSA) is 29.1 Å². The first kappa shape index (κ1) is 19.5. The van der Waals surface area contributed by atoms with Gasteiger partial charge in [-0.2, -0.15) is 0 Å². The lowest BCUT2D eigenvalue weighted by Crippen LogP contribution is -2.24. The molecule has 3 aromatic rings. The number of hydrogen-bond donors (Lipinski definition) is 1. The fraction of sp³-hybridized carbons (Fsp3) is 0.174. The van der Waals surface area contributed by atoms with Gasteiger partial charge in [0.1, 0.15) is 0 Å². The van der Waals surface area contributed by atoms with E-state index in [-0.39, 0.29) is 16.4 Å². The molecule has 3 rings (SSSR count). The van der Waals surface area contributed by atoms with Crippen LogP contribution in [0.25, 0.3) is 0 Å². The molecule has 0 spiro atoms. The van der Waals surface area contributed by atoms with Crippen molar-refractivity contribution in [3.05, 3.63) is 101 Å². The van der Waals surface area contributed by atoms with Crippen LogP contribution in [0.3, 0.4) is 0 Å². The third-order valence-corrected chi connectivity index (χ3v) is 6.05. The van der Waals surface area contributed by atoms with E-state index in [0.717, 1.165) is 11.3 Å². The number of carbonyl (C=O) groups excluding carboxylic acids is 1. The smallest absolute Gasteiger partial charge is 0.237 e. The van der Waals surface area contributed by atoms with Gasteiger partial charge >= 0.3 is 0 Å². The zero-order chi connectivity index (χ0) is 19.2. The second-order valence-electron chi connectivity index (χ2n) is 6.43. The van der Waals surface area contributed by atoms with Crippen molar-refractivity contribution in [1.82, 2.24) is 0 Å². The first-order chi connectivity index (χ1) is 13.0. The summed E-state index contributed by atoms with van der Waals surface area (Å²) in [5, 5.41) is 3.49. The van der Waals surface area contributed by atoms with E-state index in [2.05, 4.69) is 29.6 Å². The number of nitrogens with one attached hydrogen (secondary N) is 1. The van der Waals surface area contributed by atoms with Crippen molar-refractivity contribution in [3.8, 4) is 0 Å². The van der Waals surface area contributed by atoms with Gasteiger partial charge in [0.25, 0.3) is 0 Å². The maximum Gasteiger partial charge on any atom is 0.237 e. The number of hydrogen-bond acceptors (Lipinski definition) is 2. The second-order valence-corrected chi connectivity index (χ2v) is 8.32. The second kappa shape index (κ2) is 9.12. The molecule has 0 aliphatic carbocycles. The molecule has 0 aliphatic heterocycles. The van der Waals surface area contributed by atoms with Crippen LogP contribution in [-0.4, -0.2) is 11.2 Å². The highest BCUT2D eigenvalue weighted by Crippen LogP contribution is 2.38. The molecule has 0 radical (unpaired) electrons. The molecule has 0 bridgehead atoms. The van der Waals surface area contributed by atoms with Crippen LogP contribution in [0.2, 0.25) is 5.02 Å². The van der Waals surface area contributed by atoms with Gasteiger partial charge in [0.05, 0.1) is 10.5 Å². The molecule has 0 aromatic heterocycles. The number of halogens is 1. The SMILES string of the molecule is Cc1ccc(Cl)cc1NC(=O)[C@H](C)SC(c1ccccc1)c1ccccc1. The maximum atomic E-state index is 12.8. The van der Waals surface area contributed by atoms with Crippen molar-refractivity contribution in [2.45, 2.75) is 24.3 Å². The van der Waals surface area contributed by atoms with E-state index in [1.165, 1.54) is 11.1 Å². The highest BCUT2D eigenvalue weighted by Gasteiger charge is 2.22. The number of rotatable bonds is 6. The highest BCUT2D eigenvalue weighted by atomic mass is 35.5. The number of benzene rings is 3. The van der Waals surface area contributed by atoms with Gasteiger partial charge in [0.2, 0.25) is 5.91 Å². The summed E-state index contributed by atoms with van der Waals surface area (Å²) in [7, 11) is 0. The fourth-order valence-corrected chi connectivity index (χ4v) is 4.23. The van der Waals surface area contributed by atoms with Gasteiger partial charge in [0.15, 0.2) is 0 Å². The van der Waals surface area contributed by atoms with Crippen molar-refractivity contribution in [2.24, 2.45) is 0 Å². The lowest BCUT2D eigenvalue weighted by molar-refractivity contribution is -0.115. The summed E-state index contributed by atoms with van der Waals surface area (Å²) < 4.78 is 0. The summed E-state index contributed by atoms with van der Waals surface area (Å²) in [5.74, 6) is -0.0257. The molecule has 1 atom stereocenters. The summed E-state index contributed by atoms with van der Waals surface area (Å²) >= 11 is 7.71. The van der Waals surface area contributed by atoms with Gasteiger partial charge in [-0.15, -0.1) is 11.8 Å². The Balaban J connectivity index is 1.79. The fourth-order valence-electron chi connectivity index (χ4n) is 2.83. The van der Waals surface area contributed by atoms with Gasteiger partial charge < -0.3 is 5.32 Å². The zero-order valence-electron chi connectivity index (χ0n) is 15.4. The molecule has 0 heterocycles. The first-order valence-corrected chi connectivity index (χ1v) is 10.2. The summed E-state index contributed by atoms with van der Waals surface area (Å²) in [6.07, 6.45) is 0. The van der Waals surface area contributed by atoms with Crippen LogP contribution in [-0.2, 0) is 4.79 Å². The zero-order valence-corrected chi connectivity index (χ0v) is 16.9. The Hall–Kier alpha value is -2.23. The van der Waals surface area contributed by atoms with E-state index >= 15 is 0 Å². The lowest BCUT2D eigenvalue weighted by atomic mass is 10.0. The third kappa shape index (κ3) is 5.15. The molecule has 2 nitrogen and oxygen atoms in total.